The molecule has 1 N–H and O–H groups in total. The zero-order chi connectivity index (χ0) is 13.4. The van der Waals surface area contributed by atoms with Crippen molar-refractivity contribution in [1.29, 1.82) is 0 Å². The summed E-state index contributed by atoms with van der Waals surface area (Å²) in [7, 11) is 0. The van der Waals surface area contributed by atoms with Gasteiger partial charge in [-0.25, -0.2) is 0 Å². The van der Waals surface area contributed by atoms with E-state index in [0.717, 1.165) is 36.2 Å². The van der Waals surface area contributed by atoms with E-state index in [4.69, 9.17) is 0 Å². The molecule has 0 radical (unpaired) electrons. The quantitative estimate of drug-likeness (QED) is 0.848. The third-order valence-corrected chi connectivity index (χ3v) is 4.25. The van der Waals surface area contributed by atoms with Gasteiger partial charge in [-0.15, -0.1) is 12.4 Å². The van der Waals surface area contributed by atoms with Gasteiger partial charge in [0.25, 0.3) is 0 Å². The van der Waals surface area contributed by atoms with Crippen LogP contribution in [-0.2, 0) is 0 Å². The van der Waals surface area contributed by atoms with Crippen molar-refractivity contribution in [2.75, 3.05) is 31.1 Å². The van der Waals surface area contributed by atoms with Gasteiger partial charge in [-0.1, -0.05) is 6.07 Å². The van der Waals surface area contributed by atoms with Crippen LogP contribution in [0.25, 0.3) is 10.9 Å². The monoisotopic (exact) mass is 355 g/mol. The van der Waals surface area contributed by atoms with E-state index in [-0.39, 0.29) is 12.4 Å². The van der Waals surface area contributed by atoms with Crippen LogP contribution in [0.4, 0.5) is 5.69 Å². The molecule has 3 nitrogen and oxygen atoms in total. The number of nitrogens with one attached hydrogen (secondary N) is 1. The second-order valence-electron chi connectivity index (χ2n) is 5.17. The number of halogens is 2. The summed E-state index contributed by atoms with van der Waals surface area (Å²) in [5.74, 6) is 0. The molecule has 1 aromatic heterocycles. The van der Waals surface area contributed by atoms with E-state index in [9.17, 15) is 0 Å². The Hall–Kier alpha value is -0.840. The van der Waals surface area contributed by atoms with Crippen molar-refractivity contribution in [2.45, 2.75) is 13.8 Å². The van der Waals surface area contributed by atoms with Crippen LogP contribution in [0.3, 0.4) is 0 Å². The van der Waals surface area contributed by atoms with Gasteiger partial charge in [0.2, 0.25) is 0 Å². The lowest BCUT2D eigenvalue weighted by molar-refractivity contribution is 0.589. The maximum Gasteiger partial charge on any atom is 0.0729 e. The van der Waals surface area contributed by atoms with E-state index < -0.39 is 0 Å². The summed E-state index contributed by atoms with van der Waals surface area (Å²) in [6, 6.07) is 4.41. The molecule has 1 aliphatic heterocycles. The summed E-state index contributed by atoms with van der Waals surface area (Å²) >= 11 is 3.68. The minimum absolute atomic E-state index is 0. The Morgan fingerprint density at radius 2 is 1.90 bits per heavy atom. The Bertz CT molecular complexity index is 624. The highest BCUT2D eigenvalue weighted by Crippen LogP contribution is 2.35. The van der Waals surface area contributed by atoms with Gasteiger partial charge in [0.15, 0.2) is 0 Å². The van der Waals surface area contributed by atoms with Gasteiger partial charge in [0, 0.05) is 37.8 Å². The average Bonchev–Trinajstić information content (AvgIpc) is 2.40. The van der Waals surface area contributed by atoms with E-state index >= 15 is 0 Å². The smallest absolute Gasteiger partial charge is 0.0729 e. The van der Waals surface area contributed by atoms with Crippen LogP contribution in [-0.4, -0.2) is 31.2 Å². The van der Waals surface area contributed by atoms with E-state index in [2.05, 4.69) is 57.1 Å². The number of aromatic nitrogens is 1. The van der Waals surface area contributed by atoms with Gasteiger partial charge in [-0.2, -0.15) is 0 Å². The van der Waals surface area contributed by atoms with E-state index in [1.165, 1.54) is 22.2 Å². The van der Waals surface area contributed by atoms with Crippen molar-refractivity contribution in [3.8, 4) is 0 Å². The number of pyridine rings is 1. The largest absolute Gasteiger partial charge is 0.367 e. The molecule has 2 heterocycles. The molecule has 3 rings (SSSR count). The number of anilines is 1. The molecule has 108 valence electrons. The van der Waals surface area contributed by atoms with Crippen LogP contribution in [0.1, 0.15) is 11.1 Å². The third-order valence-electron chi connectivity index (χ3n) is 3.67. The average molecular weight is 357 g/mol. The number of rotatable bonds is 1. The number of hydrogen-bond donors (Lipinski definition) is 1. The number of piperazine rings is 1. The third kappa shape index (κ3) is 2.78. The van der Waals surface area contributed by atoms with Crippen molar-refractivity contribution in [1.82, 2.24) is 10.3 Å². The molecule has 0 aliphatic carbocycles. The van der Waals surface area contributed by atoms with Crippen molar-refractivity contribution in [2.24, 2.45) is 0 Å². The molecule has 0 spiro atoms. The summed E-state index contributed by atoms with van der Waals surface area (Å²) in [5.41, 5.74) is 4.96. The Balaban J connectivity index is 0.00000147. The lowest BCUT2D eigenvalue weighted by atomic mass is 10.0. The maximum absolute atomic E-state index is 4.57. The molecule has 0 saturated carbocycles. The molecular weight excluding hydrogens is 338 g/mol. The molecule has 1 saturated heterocycles. The van der Waals surface area contributed by atoms with E-state index in [1.54, 1.807) is 0 Å². The molecule has 1 aliphatic rings. The first-order chi connectivity index (χ1) is 9.16. The fraction of sp³-hybridized carbons (Fsp3) is 0.400. The fourth-order valence-electron chi connectivity index (χ4n) is 2.86. The van der Waals surface area contributed by atoms with Gasteiger partial charge in [0.05, 0.1) is 15.7 Å². The molecule has 0 unspecified atom stereocenters. The van der Waals surface area contributed by atoms with Gasteiger partial charge in [-0.05, 0) is 47.0 Å². The van der Waals surface area contributed by atoms with Gasteiger partial charge in [0.1, 0.15) is 0 Å². The molecule has 2 aromatic rings. The topological polar surface area (TPSA) is 28.2 Å². The molecular formula is C15H19BrClN3. The molecule has 1 fully saturated rings. The standard InChI is InChI=1S/C15H18BrN3.ClH/c1-10-7-11(2)14-13(8-10)18-9-12(16)15(14)19-5-3-17-4-6-19;/h7-9,17H,3-6H2,1-2H3;1H. The number of fused-ring (bicyclic) bond motifs is 1. The number of hydrogen-bond acceptors (Lipinski definition) is 3. The van der Waals surface area contributed by atoms with Crippen LogP contribution in [0.15, 0.2) is 22.8 Å². The van der Waals surface area contributed by atoms with E-state index in [1.807, 2.05) is 6.20 Å². The second-order valence-corrected chi connectivity index (χ2v) is 6.02. The van der Waals surface area contributed by atoms with Crippen molar-refractivity contribution >= 4 is 44.9 Å². The van der Waals surface area contributed by atoms with Crippen LogP contribution in [0.2, 0.25) is 0 Å². The van der Waals surface area contributed by atoms with Crippen molar-refractivity contribution in [3.63, 3.8) is 0 Å². The summed E-state index contributed by atoms with van der Waals surface area (Å²) < 4.78 is 1.09. The summed E-state index contributed by atoms with van der Waals surface area (Å²) in [4.78, 5) is 7.02. The molecule has 5 heteroatoms. The summed E-state index contributed by atoms with van der Waals surface area (Å²) in [6.07, 6.45) is 1.93. The predicted octanol–water partition coefficient (Wildman–Crippen LogP) is 3.45. The first kappa shape index (κ1) is 15.5. The Morgan fingerprint density at radius 1 is 1.20 bits per heavy atom. The second kappa shape index (κ2) is 6.29. The zero-order valence-electron chi connectivity index (χ0n) is 11.7. The first-order valence-electron chi connectivity index (χ1n) is 6.68. The lowest BCUT2D eigenvalue weighted by Gasteiger charge is -2.31. The molecule has 0 atom stereocenters. The zero-order valence-corrected chi connectivity index (χ0v) is 14.1. The first-order valence-corrected chi connectivity index (χ1v) is 7.47. The molecule has 1 aromatic carbocycles. The summed E-state index contributed by atoms with van der Waals surface area (Å²) in [5, 5.41) is 4.68. The summed E-state index contributed by atoms with van der Waals surface area (Å²) in [6.45, 7) is 8.48. The Morgan fingerprint density at radius 3 is 2.60 bits per heavy atom. The maximum atomic E-state index is 4.57. The predicted molar refractivity (Wildman–Crippen MR) is 91.2 cm³/mol. The highest BCUT2D eigenvalue weighted by molar-refractivity contribution is 9.10. The van der Waals surface area contributed by atoms with Crippen LogP contribution in [0.5, 0.6) is 0 Å². The van der Waals surface area contributed by atoms with Crippen molar-refractivity contribution in [3.05, 3.63) is 33.9 Å². The van der Waals surface area contributed by atoms with Crippen LogP contribution < -0.4 is 10.2 Å². The van der Waals surface area contributed by atoms with Crippen LogP contribution >= 0.6 is 28.3 Å². The SMILES string of the molecule is Cc1cc(C)c2c(N3CCNCC3)c(Br)cnc2c1.Cl. The van der Waals surface area contributed by atoms with Crippen molar-refractivity contribution < 1.29 is 0 Å². The molecule has 20 heavy (non-hydrogen) atoms. The minimum atomic E-state index is 0. The Kier molecular flexibility index (Phi) is 4.89. The normalized spacial score (nSPS) is 15.2. The number of aryl methyl sites for hydroxylation is 2. The molecule has 0 bridgehead atoms. The highest BCUT2D eigenvalue weighted by atomic mass is 79.9. The van der Waals surface area contributed by atoms with Gasteiger partial charge < -0.3 is 10.2 Å². The lowest BCUT2D eigenvalue weighted by Crippen LogP contribution is -2.43. The molecule has 0 amide bonds. The fourth-order valence-corrected chi connectivity index (χ4v) is 3.41. The number of nitrogens with zero attached hydrogens (tertiary/aromatic N) is 2. The highest BCUT2D eigenvalue weighted by Gasteiger charge is 2.18. The van der Waals surface area contributed by atoms with Gasteiger partial charge in [-0.3, -0.25) is 4.98 Å². The van der Waals surface area contributed by atoms with Gasteiger partial charge >= 0.3 is 0 Å². The number of benzene rings is 1. The van der Waals surface area contributed by atoms with E-state index in [0.29, 0.717) is 0 Å². The Labute approximate surface area is 134 Å². The minimum Gasteiger partial charge on any atom is -0.367 e. The van der Waals surface area contributed by atoms with Crippen LogP contribution in [0, 0.1) is 13.8 Å².